The van der Waals surface area contributed by atoms with E-state index in [4.69, 9.17) is 4.74 Å². The summed E-state index contributed by atoms with van der Waals surface area (Å²) in [5.41, 5.74) is 5.47. The molecular formula is C21H25NO2. The molecule has 1 amide bonds. The van der Waals surface area contributed by atoms with Gasteiger partial charge in [-0.15, -0.1) is 0 Å². The lowest BCUT2D eigenvalue weighted by molar-refractivity contribution is 0.0980. The third kappa shape index (κ3) is 3.16. The van der Waals surface area contributed by atoms with Crippen LogP contribution >= 0.6 is 0 Å². The van der Waals surface area contributed by atoms with Crippen molar-refractivity contribution in [1.29, 1.82) is 0 Å². The summed E-state index contributed by atoms with van der Waals surface area (Å²) in [5, 5.41) is 0. The quantitative estimate of drug-likeness (QED) is 0.834. The molecule has 0 aliphatic carbocycles. The molecule has 0 aromatic heterocycles. The standard InChI is InChI=1S/C21H25NO2/c1-14(2)11-16-5-6-18(12-15(16)3)22-10-9-17-13-19(24-4)7-8-20(17)21(22)23/h5-8,12-14H,9-11H2,1-4H3. The van der Waals surface area contributed by atoms with Gasteiger partial charge in [-0.05, 0) is 72.7 Å². The third-order valence-electron chi connectivity index (χ3n) is 4.66. The minimum absolute atomic E-state index is 0.0786. The normalized spacial score (nSPS) is 14.0. The Labute approximate surface area is 144 Å². The monoisotopic (exact) mass is 323 g/mol. The Morgan fingerprint density at radius 1 is 1.17 bits per heavy atom. The van der Waals surface area contributed by atoms with Crippen LogP contribution in [0.2, 0.25) is 0 Å². The van der Waals surface area contributed by atoms with Crippen molar-refractivity contribution in [2.75, 3.05) is 18.6 Å². The van der Waals surface area contributed by atoms with Gasteiger partial charge in [0.2, 0.25) is 0 Å². The minimum Gasteiger partial charge on any atom is -0.497 e. The van der Waals surface area contributed by atoms with Crippen molar-refractivity contribution in [2.45, 2.75) is 33.6 Å². The van der Waals surface area contributed by atoms with E-state index >= 15 is 0 Å². The highest BCUT2D eigenvalue weighted by Gasteiger charge is 2.26. The Morgan fingerprint density at radius 2 is 1.96 bits per heavy atom. The first-order valence-corrected chi connectivity index (χ1v) is 8.58. The van der Waals surface area contributed by atoms with Gasteiger partial charge in [-0.1, -0.05) is 19.9 Å². The second-order valence-electron chi connectivity index (χ2n) is 6.94. The highest BCUT2D eigenvalue weighted by atomic mass is 16.5. The molecule has 0 unspecified atom stereocenters. The number of hydrogen-bond acceptors (Lipinski definition) is 2. The van der Waals surface area contributed by atoms with E-state index in [0.717, 1.165) is 35.4 Å². The maximum absolute atomic E-state index is 12.9. The molecule has 0 fully saturated rings. The number of carbonyl (C=O) groups excluding carboxylic acids is 1. The summed E-state index contributed by atoms with van der Waals surface area (Å²) in [6, 6.07) is 12.1. The van der Waals surface area contributed by atoms with Crippen LogP contribution in [-0.2, 0) is 12.8 Å². The summed E-state index contributed by atoms with van der Waals surface area (Å²) in [6.45, 7) is 7.30. The van der Waals surface area contributed by atoms with Gasteiger partial charge < -0.3 is 9.64 Å². The van der Waals surface area contributed by atoms with Gasteiger partial charge in [-0.2, -0.15) is 0 Å². The number of benzene rings is 2. The molecule has 24 heavy (non-hydrogen) atoms. The molecule has 1 aliphatic rings. The van der Waals surface area contributed by atoms with E-state index in [0.29, 0.717) is 12.5 Å². The molecule has 2 aromatic carbocycles. The van der Waals surface area contributed by atoms with E-state index in [1.165, 1.54) is 11.1 Å². The molecule has 0 saturated carbocycles. The number of anilines is 1. The number of amides is 1. The molecule has 1 aliphatic heterocycles. The second-order valence-corrected chi connectivity index (χ2v) is 6.94. The fourth-order valence-electron chi connectivity index (χ4n) is 3.35. The highest BCUT2D eigenvalue weighted by Crippen LogP contribution is 2.29. The first-order chi connectivity index (χ1) is 11.5. The van der Waals surface area contributed by atoms with Crippen molar-refractivity contribution in [3.8, 4) is 5.75 Å². The largest absolute Gasteiger partial charge is 0.497 e. The molecule has 0 spiro atoms. The van der Waals surface area contributed by atoms with Crippen LogP contribution in [0.4, 0.5) is 5.69 Å². The maximum Gasteiger partial charge on any atom is 0.258 e. The Morgan fingerprint density at radius 3 is 2.62 bits per heavy atom. The molecule has 0 saturated heterocycles. The number of ether oxygens (including phenoxy) is 1. The van der Waals surface area contributed by atoms with Crippen LogP contribution in [-0.4, -0.2) is 19.6 Å². The summed E-state index contributed by atoms with van der Waals surface area (Å²) < 4.78 is 5.26. The first kappa shape index (κ1) is 16.6. The highest BCUT2D eigenvalue weighted by molar-refractivity contribution is 6.08. The smallest absolute Gasteiger partial charge is 0.258 e. The zero-order chi connectivity index (χ0) is 17.3. The van der Waals surface area contributed by atoms with Gasteiger partial charge in [0.05, 0.1) is 7.11 Å². The molecule has 3 heteroatoms. The van der Waals surface area contributed by atoms with E-state index in [-0.39, 0.29) is 5.91 Å². The van der Waals surface area contributed by atoms with Gasteiger partial charge in [0.25, 0.3) is 5.91 Å². The Hall–Kier alpha value is -2.29. The van der Waals surface area contributed by atoms with Gasteiger partial charge in [0.15, 0.2) is 0 Å². The van der Waals surface area contributed by atoms with Gasteiger partial charge in [-0.3, -0.25) is 4.79 Å². The zero-order valence-corrected chi connectivity index (χ0v) is 14.9. The molecule has 0 radical (unpaired) electrons. The summed E-state index contributed by atoms with van der Waals surface area (Å²) in [4.78, 5) is 14.8. The van der Waals surface area contributed by atoms with Crippen molar-refractivity contribution in [2.24, 2.45) is 5.92 Å². The number of fused-ring (bicyclic) bond motifs is 1. The van der Waals surface area contributed by atoms with Crippen LogP contribution in [0.1, 0.15) is 40.9 Å². The van der Waals surface area contributed by atoms with Crippen LogP contribution in [0.15, 0.2) is 36.4 Å². The lowest BCUT2D eigenvalue weighted by Crippen LogP contribution is -2.37. The van der Waals surface area contributed by atoms with Gasteiger partial charge in [0, 0.05) is 17.8 Å². The van der Waals surface area contributed by atoms with Crippen LogP contribution in [0.5, 0.6) is 5.75 Å². The molecule has 3 rings (SSSR count). The number of nitrogens with zero attached hydrogens (tertiary/aromatic N) is 1. The maximum atomic E-state index is 12.9. The van der Waals surface area contributed by atoms with E-state index in [2.05, 4.69) is 39.0 Å². The average Bonchev–Trinajstić information content (AvgIpc) is 2.56. The van der Waals surface area contributed by atoms with E-state index in [1.807, 2.05) is 23.1 Å². The number of rotatable bonds is 4. The van der Waals surface area contributed by atoms with Crippen LogP contribution in [0.3, 0.4) is 0 Å². The van der Waals surface area contributed by atoms with E-state index in [9.17, 15) is 4.79 Å². The lowest BCUT2D eigenvalue weighted by atomic mass is 9.96. The topological polar surface area (TPSA) is 29.5 Å². The Bertz CT molecular complexity index is 764. The van der Waals surface area contributed by atoms with Crippen LogP contribution in [0, 0.1) is 12.8 Å². The summed E-state index contributed by atoms with van der Waals surface area (Å²) in [7, 11) is 1.65. The Kier molecular flexibility index (Phi) is 4.61. The number of carbonyl (C=O) groups is 1. The average molecular weight is 323 g/mol. The van der Waals surface area contributed by atoms with E-state index in [1.54, 1.807) is 7.11 Å². The lowest BCUT2D eigenvalue weighted by Gasteiger charge is -2.29. The SMILES string of the molecule is COc1ccc2c(c1)CCN(c1ccc(CC(C)C)c(C)c1)C2=O. The van der Waals surface area contributed by atoms with Crippen molar-refractivity contribution in [3.63, 3.8) is 0 Å². The van der Waals surface area contributed by atoms with Gasteiger partial charge in [-0.25, -0.2) is 0 Å². The minimum atomic E-state index is 0.0786. The predicted octanol–water partition coefficient (Wildman–Crippen LogP) is 4.41. The van der Waals surface area contributed by atoms with Crippen molar-refractivity contribution in [3.05, 3.63) is 58.7 Å². The van der Waals surface area contributed by atoms with Gasteiger partial charge >= 0.3 is 0 Å². The summed E-state index contributed by atoms with van der Waals surface area (Å²) >= 11 is 0. The molecule has 3 nitrogen and oxygen atoms in total. The molecule has 1 heterocycles. The fourth-order valence-corrected chi connectivity index (χ4v) is 3.35. The second kappa shape index (κ2) is 6.68. The van der Waals surface area contributed by atoms with Gasteiger partial charge in [0.1, 0.15) is 5.75 Å². The van der Waals surface area contributed by atoms with Crippen molar-refractivity contribution >= 4 is 11.6 Å². The molecule has 0 atom stereocenters. The molecule has 0 N–H and O–H groups in total. The van der Waals surface area contributed by atoms with Crippen molar-refractivity contribution in [1.82, 2.24) is 0 Å². The Balaban J connectivity index is 1.88. The first-order valence-electron chi connectivity index (χ1n) is 8.58. The van der Waals surface area contributed by atoms with Crippen LogP contribution < -0.4 is 9.64 Å². The number of aryl methyl sites for hydroxylation is 1. The fraction of sp³-hybridized carbons (Fsp3) is 0.381. The summed E-state index contributed by atoms with van der Waals surface area (Å²) in [6.07, 6.45) is 1.92. The van der Waals surface area contributed by atoms with Crippen LogP contribution in [0.25, 0.3) is 0 Å². The number of methoxy groups -OCH3 is 1. The molecule has 0 bridgehead atoms. The zero-order valence-electron chi connectivity index (χ0n) is 14.9. The molecular weight excluding hydrogens is 298 g/mol. The summed E-state index contributed by atoms with van der Waals surface area (Å²) in [5.74, 6) is 1.52. The predicted molar refractivity (Wildman–Crippen MR) is 98.1 cm³/mol. The van der Waals surface area contributed by atoms with Crippen molar-refractivity contribution < 1.29 is 9.53 Å². The molecule has 2 aromatic rings. The molecule has 126 valence electrons. The number of hydrogen-bond donors (Lipinski definition) is 0. The van der Waals surface area contributed by atoms with E-state index < -0.39 is 0 Å². The third-order valence-corrected chi connectivity index (χ3v) is 4.66.